The SMILES string of the molecule is N=C/C=C\c1ccc2ccc(-c3ccc(-c4ccc5c6c(cccc46)-c4c-5c(-c5ccccc5)c5ccccc5c4-c4ccccc4)c4ncccc34)nc2c1. The van der Waals surface area contributed by atoms with Gasteiger partial charge in [0.15, 0.2) is 0 Å². The molecule has 2 aromatic heterocycles. The lowest BCUT2D eigenvalue weighted by atomic mass is 9.82. The Hall–Kier alpha value is -7.49. The smallest absolute Gasteiger partial charge is 0.0787 e. The molecular formula is C53H33N3. The molecule has 0 atom stereocenters. The first kappa shape index (κ1) is 32.0. The van der Waals surface area contributed by atoms with Crippen molar-refractivity contribution in [2.75, 3.05) is 0 Å². The third kappa shape index (κ3) is 4.88. The summed E-state index contributed by atoms with van der Waals surface area (Å²) in [5.74, 6) is 0. The van der Waals surface area contributed by atoms with Crippen molar-refractivity contribution >= 4 is 55.6 Å². The molecule has 0 spiro atoms. The zero-order chi connectivity index (χ0) is 37.2. The van der Waals surface area contributed by atoms with Crippen molar-refractivity contribution in [3.63, 3.8) is 0 Å². The quantitative estimate of drug-likeness (QED) is 0.175. The Morgan fingerprint density at radius 1 is 0.446 bits per heavy atom. The van der Waals surface area contributed by atoms with E-state index < -0.39 is 0 Å². The van der Waals surface area contributed by atoms with Crippen LogP contribution in [0.1, 0.15) is 5.56 Å². The van der Waals surface area contributed by atoms with Crippen LogP contribution >= 0.6 is 0 Å². The number of rotatable bonds is 6. The van der Waals surface area contributed by atoms with Crippen LogP contribution in [0.15, 0.2) is 182 Å². The van der Waals surface area contributed by atoms with Gasteiger partial charge < -0.3 is 5.41 Å². The standard InChI is InChI=1S/C53H33N3/c54-30-10-12-33-22-23-34-24-29-46(56-47(34)32-33)38-26-27-43(53-42(38)21-11-31-55-53)37-25-28-45-50-39(37)19-9-20-44(50)51-48(35-13-3-1-4-14-35)40-17-7-8-18-41(40)49(52(45)51)36-15-5-2-6-16-36/h1-32,54H/b12-10-,54-30?. The van der Waals surface area contributed by atoms with Crippen molar-refractivity contribution in [2.45, 2.75) is 0 Å². The summed E-state index contributed by atoms with van der Waals surface area (Å²) in [6, 6.07) is 61.2. The van der Waals surface area contributed by atoms with E-state index in [1.165, 1.54) is 72.3 Å². The molecule has 0 fully saturated rings. The van der Waals surface area contributed by atoms with E-state index in [0.717, 1.165) is 49.8 Å². The summed E-state index contributed by atoms with van der Waals surface area (Å²) in [6.07, 6.45) is 6.85. The van der Waals surface area contributed by atoms with E-state index in [4.69, 9.17) is 15.4 Å². The molecule has 8 aromatic carbocycles. The molecule has 1 aliphatic carbocycles. The van der Waals surface area contributed by atoms with Crippen LogP contribution < -0.4 is 0 Å². The lowest BCUT2D eigenvalue weighted by molar-refractivity contribution is 1.38. The molecule has 260 valence electrons. The second-order valence-corrected chi connectivity index (χ2v) is 14.4. The van der Waals surface area contributed by atoms with Crippen molar-refractivity contribution < 1.29 is 0 Å². The fraction of sp³-hybridized carbons (Fsp3) is 0. The Kier molecular flexibility index (Phi) is 7.33. The Bertz CT molecular complexity index is 3160. The maximum atomic E-state index is 7.39. The lowest BCUT2D eigenvalue weighted by Gasteiger charge is -2.20. The van der Waals surface area contributed by atoms with Crippen LogP contribution in [0.4, 0.5) is 0 Å². The minimum absolute atomic E-state index is 0.903. The van der Waals surface area contributed by atoms with Gasteiger partial charge in [-0.2, -0.15) is 0 Å². The number of fused-ring (bicyclic) bond motifs is 6. The molecule has 3 nitrogen and oxygen atoms in total. The highest BCUT2D eigenvalue weighted by molar-refractivity contribution is 6.29. The topological polar surface area (TPSA) is 49.6 Å². The number of aromatic nitrogens is 2. The molecule has 0 unspecified atom stereocenters. The molecule has 3 heteroatoms. The van der Waals surface area contributed by atoms with E-state index in [-0.39, 0.29) is 0 Å². The van der Waals surface area contributed by atoms with Crippen molar-refractivity contribution in [1.29, 1.82) is 5.41 Å². The van der Waals surface area contributed by atoms with Gasteiger partial charge in [-0.1, -0.05) is 158 Å². The van der Waals surface area contributed by atoms with E-state index in [1.807, 2.05) is 18.3 Å². The predicted molar refractivity (Wildman–Crippen MR) is 236 cm³/mol. The number of pyridine rings is 2. The average molecular weight is 712 g/mol. The summed E-state index contributed by atoms with van der Waals surface area (Å²) in [5, 5.41) is 14.5. The summed E-state index contributed by atoms with van der Waals surface area (Å²) in [6.45, 7) is 0. The van der Waals surface area contributed by atoms with Gasteiger partial charge in [0.05, 0.1) is 16.7 Å². The van der Waals surface area contributed by atoms with Crippen LogP contribution in [-0.2, 0) is 0 Å². The molecule has 10 aromatic rings. The number of nitrogens with one attached hydrogen (secondary N) is 1. The van der Waals surface area contributed by atoms with Crippen LogP contribution in [-0.4, -0.2) is 16.2 Å². The summed E-state index contributed by atoms with van der Waals surface area (Å²) >= 11 is 0. The number of nitrogens with zero attached hydrogens (tertiary/aromatic N) is 2. The summed E-state index contributed by atoms with van der Waals surface area (Å²) in [5.41, 5.74) is 17.2. The predicted octanol–water partition coefficient (Wildman–Crippen LogP) is 14.1. The Morgan fingerprint density at radius 2 is 1.05 bits per heavy atom. The highest BCUT2D eigenvalue weighted by Gasteiger charge is 2.31. The molecule has 0 bridgehead atoms. The van der Waals surface area contributed by atoms with Gasteiger partial charge in [0.2, 0.25) is 0 Å². The van der Waals surface area contributed by atoms with E-state index in [9.17, 15) is 0 Å². The monoisotopic (exact) mass is 711 g/mol. The maximum absolute atomic E-state index is 7.39. The molecule has 0 saturated heterocycles. The number of hydrogen-bond donors (Lipinski definition) is 1. The van der Waals surface area contributed by atoms with Crippen LogP contribution in [0.3, 0.4) is 0 Å². The Balaban J connectivity index is 1.15. The summed E-state index contributed by atoms with van der Waals surface area (Å²) < 4.78 is 0. The molecule has 1 aliphatic rings. The molecule has 0 aliphatic heterocycles. The molecule has 0 amide bonds. The number of allylic oxidation sites excluding steroid dienone is 1. The fourth-order valence-electron chi connectivity index (χ4n) is 9.01. The Morgan fingerprint density at radius 3 is 1.79 bits per heavy atom. The first-order valence-electron chi connectivity index (χ1n) is 19.0. The van der Waals surface area contributed by atoms with E-state index >= 15 is 0 Å². The van der Waals surface area contributed by atoms with Crippen molar-refractivity contribution in [2.24, 2.45) is 0 Å². The largest absolute Gasteiger partial charge is 0.309 e. The van der Waals surface area contributed by atoms with Gasteiger partial charge in [-0.05, 0) is 101 Å². The van der Waals surface area contributed by atoms with E-state index in [1.54, 1.807) is 6.08 Å². The molecular weight excluding hydrogens is 679 g/mol. The minimum atomic E-state index is 0.903. The molecule has 11 rings (SSSR count). The maximum Gasteiger partial charge on any atom is 0.0787 e. The second kappa shape index (κ2) is 12.8. The third-order valence-electron chi connectivity index (χ3n) is 11.4. The van der Waals surface area contributed by atoms with Crippen molar-refractivity contribution in [3.05, 3.63) is 188 Å². The van der Waals surface area contributed by atoms with E-state index in [2.05, 4.69) is 164 Å². The second-order valence-electron chi connectivity index (χ2n) is 14.4. The highest BCUT2D eigenvalue weighted by atomic mass is 14.7. The number of hydrogen-bond acceptors (Lipinski definition) is 3. The highest BCUT2D eigenvalue weighted by Crippen LogP contribution is 2.58. The first-order chi connectivity index (χ1) is 27.8. The van der Waals surface area contributed by atoms with Crippen LogP contribution in [0, 0.1) is 5.41 Å². The summed E-state index contributed by atoms with van der Waals surface area (Å²) in [4.78, 5) is 10.2. The van der Waals surface area contributed by atoms with Crippen LogP contribution in [0.2, 0.25) is 0 Å². The molecule has 1 N–H and O–H groups in total. The van der Waals surface area contributed by atoms with Gasteiger partial charge in [0, 0.05) is 34.3 Å². The van der Waals surface area contributed by atoms with Crippen LogP contribution in [0.25, 0.3) is 116 Å². The molecule has 56 heavy (non-hydrogen) atoms. The number of benzene rings is 8. The average Bonchev–Trinajstić information content (AvgIpc) is 3.59. The third-order valence-corrected chi connectivity index (χ3v) is 11.4. The fourth-order valence-corrected chi connectivity index (χ4v) is 9.01. The van der Waals surface area contributed by atoms with E-state index in [0.29, 0.717) is 0 Å². The van der Waals surface area contributed by atoms with Crippen molar-refractivity contribution in [1.82, 2.24) is 9.97 Å². The van der Waals surface area contributed by atoms with Crippen LogP contribution in [0.5, 0.6) is 0 Å². The van der Waals surface area contributed by atoms with Gasteiger partial charge in [-0.3, -0.25) is 4.98 Å². The Labute approximate surface area is 324 Å². The summed E-state index contributed by atoms with van der Waals surface area (Å²) in [7, 11) is 0. The zero-order valence-corrected chi connectivity index (χ0v) is 30.4. The zero-order valence-electron chi connectivity index (χ0n) is 30.4. The van der Waals surface area contributed by atoms with Crippen molar-refractivity contribution in [3.8, 4) is 66.9 Å². The van der Waals surface area contributed by atoms with Gasteiger partial charge in [0.25, 0.3) is 0 Å². The van der Waals surface area contributed by atoms with Gasteiger partial charge in [-0.15, -0.1) is 0 Å². The molecule has 0 radical (unpaired) electrons. The minimum Gasteiger partial charge on any atom is -0.309 e. The van der Waals surface area contributed by atoms with Gasteiger partial charge in [0.1, 0.15) is 0 Å². The first-order valence-corrected chi connectivity index (χ1v) is 19.0. The molecule has 0 saturated carbocycles. The van der Waals surface area contributed by atoms with Gasteiger partial charge >= 0.3 is 0 Å². The van der Waals surface area contributed by atoms with Gasteiger partial charge in [-0.25, -0.2) is 4.98 Å². The molecule has 2 heterocycles. The lowest BCUT2D eigenvalue weighted by Crippen LogP contribution is -1.93. The normalized spacial score (nSPS) is 11.9.